The van der Waals surface area contributed by atoms with Crippen LogP contribution in [0.5, 0.6) is 0 Å². The van der Waals surface area contributed by atoms with Gasteiger partial charge in [0.1, 0.15) is 0 Å². The van der Waals surface area contributed by atoms with Crippen molar-refractivity contribution in [1.82, 2.24) is 4.31 Å². The molecule has 0 unspecified atom stereocenters. The van der Waals surface area contributed by atoms with Gasteiger partial charge in [0.25, 0.3) is 0 Å². The quantitative estimate of drug-likeness (QED) is 0.741. The lowest BCUT2D eigenvalue weighted by Crippen LogP contribution is -2.37. The molecule has 4 nitrogen and oxygen atoms in total. The van der Waals surface area contributed by atoms with Crippen molar-refractivity contribution in [3.63, 3.8) is 0 Å². The van der Waals surface area contributed by atoms with Crippen LogP contribution in [0.3, 0.4) is 0 Å². The van der Waals surface area contributed by atoms with Gasteiger partial charge >= 0.3 is 0 Å². The van der Waals surface area contributed by atoms with Gasteiger partial charge in [0.2, 0.25) is 10.0 Å². The van der Waals surface area contributed by atoms with Crippen LogP contribution in [0.25, 0.3) is 0 Å². The van der Waals surface area contributed by atoms with E-state index in [1.807, 2.05) is 13.8 Å². The summed E-state index contributed by atoms with van der Waals surface area (Å²) in [6.45, 7) is 6.05. The summed E-state index contributed by atoms with van der Waals surface area (Å²) in [5.41, 5.74) is 0.426. The standard InChI is InChI=1S/C15H24ClNO3S/c1-4-5-6-9-17(12(2)3)21(19,20)14-7-8-15(16)13(10-14)11-18/h7-8,10,12,18H,4-6,9,11H2,1-3H3. The molecule has 1 N–H and O–H groups in total. The van der Waals surface area contributed by atoms with Gasteiger partial charge in [-0.1, -0.05) is 31.4 Å². The molecule has 0 aliphatic carbocycles. The Labute approximate surface area is 132 Å². The van der Waals surface area contributed by atoms with Crippen molar-refractivity contribution >= 4 is 21.6 Å². The summed E-state index contributed by atoms with van der Waals surface area (Å²) in [6.07, 6.45) is 2.89. The van der Waals surface area contributed by atoms with Crippen LogP contribution in [-0.2, 0) is 16.6 Å². The molecule has 0 amide bonds. The fraction of sp³-hybridized carbons (Fsp3) is 0.600. The highest BCUT2D eigenvalue weighted by Crippen LogP contribution is 2.24. The Bertz CT molecular complexity index is 558. The largest absolute Gasteiger partial charge is 0.392 e. The number of hydrogen-bond acceptors (Lipinski definition) is 3. The number of nitrogens with zero attached hydrogens (tertiary/aromatic N) is 1. The molecular weight excluding hydrogens is 310 g/mol. The molecule has 0 aliphatic heterocycles. The van der Waals surface area contributed by atoms with Crippen LogP contribution in [0.15, 0.2) is 23.1 Å². The third-order valence-corrected chi connectivity index (χ3v) is 5.79. The highest BCUT2D eigenvalue weighted by atomic mass is 35.5. The molecule has 1 aromatic rings. The lowest BCUT2D eigenvalue weighted by molar-refractivity contribution is 0.281. The summed E-state index contributed by atoms with van der Waals surface area (Å²) in [7, 11) is -3.57. The van der Waals surface area contributed by atoms with Gasteiger partial charge < -0.3 is 5.11 Å². The molecule has 0 saturated heterocycles. The maximum absolute atomic E-state index is 12.7. The third-order valence-electron chi connectivity index (χ3n) is 3.35. The highest BCUT2D eigenvalue weighted by molar-refractivity contribution is 7.89. The summed E-state index contributed by atoms with van der Waals surface area (Å²) in [5.74, 6) is 0. The smallest absolute Gasteiger partial charge is 0.243 e. The average Bonchev–Trinajstić information content (AvgIpc) is 2.43. The second-order valence-electron chi connectivity index (χ2n) is 5.33. The summed E-state index contributed by atoms with van der Waals surface area (Å²) in [6, 6.07) is 4.35. The zero-order chi connectivity index (χ0) is 16.0. The van der Waals surface area contributed by atoms with Gasteiger partial charge in [-0.2, -0.15) is 4.31 Å². The zero-order valence-electron chi connectivity index (χ0n) is 12.8. The van der Waals surface area contributed by atoms with Gasteiger partial charge in [0, 0.05) is 17.6 Å². The Morgan fingerprint density at radius 3 is 2.48 bits per heavy atom. The number of benzene rings is 1. The number of aliphatic hydroxyl groups is 1. The van der Waals surface area contributed by atoms with E-state index in [1.165, 1.54) is 22.5 Å². The molecule has 1 rings (SSSR count). The minimum absolute atomic E-state index is 0.111. The minimum atomic E-state index is -3.57. The first kappa shape index (κ1) is 18.4. The number of halogens is 1. The molecule has 0 atom stereocenters. The number of sulfonamides is 1. The van der Waals surface area contributed by atoms with E-state index in [4.69, 9.17) is 11.6 Å². The van der Waals surface area contributed by atoms with Gasteiger partial charge in [-0.15, -0.1) is 0 Å². The number of hydrogen-bond donors (Lipinski definition) is 1. The second kappa shape index (κ2) is 8.13. The summed E-state index contributed by atoms with van der Waals surface area (Å²) >= 11 is 5.92. The molecule has 0 spiro atoms. The van der Waals surface area contributed by atoms with Crippen molar-refractivity contribution in [1.29, 1.82) is 0 Å². The van der Waals surface area contributed by atoms with Gasteiger partial charge in [-0.3, -0.25) is 0 Å². The third kappa shape index (κ3) is 4.68. The maximum atomic E-state index is 12.7. The molecule has 0 heterocycles. The van der Waals surface area contributed by atoms with Gasteiger partial charge in [-0.05, 0) is 44.0 Å². The molecular formula is C15H24ClNO3S. The Morgan fingerprint density at radius 1 is 1.29 bits per heavy atom. The molecule has 21 heavy (non-hydrogen) atoms. The predicted octanol–water partition coefficient (Wildman–Crippen LogP) is 3.42. The van der Waals surface area contributed by atoms with E-state index >= 15 is 0 Å². The molecule has 6 heteroatoms. The monoisotopic (exact) mass is 333 g/mol. The molecule has 1 aromatic carbocycles. The van der Waals surface area contributed by atoms with Gasteiger partial charge in [0.15, 0.2) is 0 Å². The summed E-state index contributed by atoms with van der Waals surface area (Å²) in [5, 5.41) is 9.61. The van der Waals surface area contributed by atoms with E-state index in [9.17, 15) is 13.5 Å². The van der Waals surface area contributed by atoms with E-state index in [0.29, 0.717) is 17.1 Å². The summed E-state index contributed by atoms with van der Waals surface area (Å²) in [4.78, 5) is 0.182. The lowest BCUT2D eigenvalue weighted by atomic mass is 10.2. The normalized spacial score (nSPS) is 12.3. The first-order valence-corrected chi connectivity index (χ1v) is 9.07. The SMILES string of the molecule is CCCCCN(C(C)C)S(=O)(=O)c1ccc(Cl)c(CO)c1. The van der Waals surface area contributed by atoms with Crippen LogP contribution in [-0.4, -0.2) is 30.4 Å². The molecule has 0 saturated carbocycles. The number of aliphatic hydroxyl groups excluding tert-OH is 1. The van der Waals surface area contributed by atoms with Crippen molar-refractivity contribution in [2.75, 3.05) is 6.54 Å². The van der Waals surface area contributed by atoms with Crippen LogP contribution >= 0.6 is 11.6 Å². The fourth-order valence-electron chi connectivity index (χ4n) is 2.14. The molecule has 0 bridgehead atoms. The van der Waals surface area contributed by atoms with Crippen LogP contribution in [0.1, 0.15) is 45.6 Å². The maximum Gasteiger partial charge on any atom is 0.243 e. The Hall–Kier alpha value is -0.620. The van der Waals surface area contributed by atoms with Crippen molar-refractivity contribution in [2.24, 2.45) is 0 Å². The molecule has 0 radical (unpaired) electrons. The zero-order valence-corrected chi connectivity index (χ0v) is 14.4. The molecule has 0 aromatic heterocycles. The predicted molar refractivity (Wildman–Crippen MR) is 85.9 cm³/mol. The van der Waals surface area contributed by atoms with E-state index < -0.39 is 10.0 Å². The van der Waals surface area contributed by atoms with Crippen molar-refractivity contribution in [3.05, 3.63) is 28.8 Å². The average molecular weight is 334 g/mol. The highest BCUT2D eigenvalue weighted by Gasteiger charge is 2.27. The van der Waals surface area contributed by atoms with Crippen molar-refractivity contribution < 1.29 is 13.5 Å². The topological polar surface area (TPSA) is 57.6 Å². The second-order valence-corrected chi connectivity index (χ2v) is 7.63. The Kier molecular flexibility index (Phi) is 7.13. The van der Waals surface area contributed by atoms with E-state index in [2.05, 4.69) is 6.92 Å². The fourth-order valence-corrected chi connectivity index (χ4v) is 4.05. The lowest BCUT2D eigenvalue weighted by Gasteiger charge is -2.26. The van der Waals surface area contributed by atoms with Crippen molar-refractivity contribution in [2.45, 2.75) is 57.6 Å². The molecule has 120 valence electrons. The molecule has 0 fully saturated rings. The van der Waals surface area contributed by atoms with Gasteiger partial charge in [0.05, 0.1) is 11.5 Å². The van der Waals surface area contributed by atoms with Crippen molar-refractivity contribution in [3.8, 4) is 0 Å². The van der Waals surface area contributed by atoms with E-state index in [-0.39, 0.29) is 17.5 Å². The van der Waals surface area contributed by atoms with Crippen LogP contribution in [0.2, 0.25) is 5.02 Å². The number of unbranched alkanes of at least 4 members (excludes halogenated alkanes) is 2. The Morgan fingerprint density at radius 2 is 1.95 bits per heavy atom. The molecule has 0 aliphatic rings. The van der Waals surface area contributed by atoms with Crippen LogP contribution in [0, 0.1) is 0 Å². The number of rotatable bonds is 8. The summed E-state index contributed by atoms with van der Waals surface area (Å²) < 4.78 is 27.0. The van der Waals surface area contributed by atoms with Crippen LogP contribution in [0.4, 0.5) is 0 Å². The van der Waals surface area contributed by atoms with Crippen LogP contribution < -0.4 is 0 Å². The Balaban J connectivity index is 3.10. The first-order chi connectivity index (χ1) is 9.84. The minimum Gasteiger partial charge on any atom is -0.392 e. The van der Waals surface area contributed by atoms with Gasteiger partial charge in [-0.25, -0.2) is 8.42 Å². The van der Waals surface area contributed by atoms with E-state index in [1.54, 1.807) is 0 Å². The van der Waals surface area contributed by atoms with E-state index in [0.717, 1.165) is 19.3 Å². The first-order valence-electron chi connectivity index (χ1n) is 7.25.